The zero-order valence-electron chi connectivity index (χ0n) is 15.2. The van der Waals surface area contributed by atoms with Crippen molar-refractivity contribution in [1.29, 1.82) is 0 Å². The Hall–Kier alpha value is -2.69. The Bertz CT molecular complexity index is 697. The van der Waals surface area contributed by atoms with Gasteiger partial charge < -0.3 is 19.1 Å². The average Bonchev–Trinajstić information content (AvgIpc) is 2.66. The van der Waals surface area contributed by atoms with Gasteiger partial charge in [0.2, 0.25) is 0 Å². The number of nitrogens with zero attached hydrogens (tertiary/aromatic N) is 1. The molecule has 0 atom stereocenters. The van der Waals surface area contributed by atoms with Crippen LogP contribution in [0.15, 0.2) is 42.5 Å². The van der Waals surface area contributed by atoms with Gasteiger partial charge in [-0.1, -0.05) is 6.07 Å². The zero-order valence-corrected chi connectivity index (χ0v) is 15.2. The van der Waals surface area contributed by atoms with E-state index in [1.165, 1.54) is 0 Å². The van der Waals surface area contributed by atoms with Gasteiger partial charge in [-0.05, 0) is 55.8 Å². The van der Waals surface area contributed by atoms with Crippen LogP contribution in [0.25, 0.3) is 0 Å². The highest BCUT2D eigenvalue weighted by Gasteiger charge is 2.15. The van der Waals surface area contributed by atoms with Crippen LogP contribution < -0.4 is 14.2 Å². The Morgan fingerprint density at radius 2 is 1.64 bits per heavy atom. The molecule has 0 bridgehead atoms. The maximum Gasteiger partial charge on any atom is 0.254 e. The van der Waals surface area contributed by atoms with Crippen molar-refractivity contribution >= 4 is 5.91 Å². The van der Waals surface area contributed by atoms with Crippen molar-refractivity contribution < 1.29 is 19.0 Å². The van der Waals surface area contributed by atoms with Crippen molar-refractivity contribution in [3.63, 3.8) is 0 Å². The Labute approximate surface area is 149 Å². The van der Waals surface area contributed by atoms with Crippen LogP contribution in [-0.4, -0.2) is 38.2 Å². The number of ether oxygens (including phenoxy) is 3. The highest BCUT2D eigenvalue weighted by Crippen LogP contribution is 2.28. The van der Waals surface area contributed by atoms with Crippen molar-refractivity contribution in [2.45, 2.75) is 20.4 Å². The number of benzene rings is 2. The second-order valence-corrected chi connectivity index (χ2v) is 5.47. The summed E-state index contributed by atoms with van der Waals surface area (Å²) in [5.41, 5.74) is 1.63. The van der Waals surface area contributed by atoms with E-state index in [0.29, 0.717) is 36.8 Å². The molecule has 2 aromatic carbocycles. The van der Waals surface area contributed by atoms with Crippen molar-refractivity contribution in [3.05, 3.63) is 53.6 Å². The highest BCUT2D eigenvalue weighted by atomic mass is 16.5. The van der Waals surface area contributed by atoms with E-state index in [1.807, 2.05) is 44.2 Å². The number of carbonyl (C=O) groups excluding carboxylic acids is 1. The molecule has 0 aliphatic rings. The Kier molecular flexibility index (Phi) is 6.69. The summed E-state index contributed by atoms with van der Waals surface area (Å²) < 4.78 is 16.0. The molecule has 0 aliphatic carbocycles. The molecule has 0 spiro atoms. The molecule has 0 unspecified atom stereocenters. The minimum absolute atomic E-state index is 0.0136. The highest BCUT2D eigenvalue weighted by molar-refractivity contribution is 5.94. The van der Waals surface area contributed by atoms with E-state index in [1.54, 1.807) is 31.3 Å². The second-order valence-electron chi connectivity index (χ2n) is 5.47. The molecule has 0 saturated heterocycles. The monoisotopic (exact) mass is 343 g/mol. The van der Waals surface area contributed by atoms with Crippen LogP contribution in [0, 0.1) is 0 Å². The van der Waals surface area contributed by atoms with Crippen LogP contribution in [0.4, 0.5) is 0 Å². The summed E-state index contributed by atoms with van der Waals surface area (Å²) in [5.74, 6) is 2.08. The lowest BCUT2D eigenvalue weighted by atomic mass is 10.1. The smallest absolute Gasteiger partial charge is 0.254 e. The average molecular weight is 343 g/mol. The first-order valence-electron chi connectivity index (χ1n) is 8.35. The first-order chi connectivity index (χ1) is 12.1. The number of hydrogen-bond donors (Lipinski definition) is 0. The molecule has 0 heterocycles. The standard InChI is InChI=1S/C20H25NO4/c1-5-21(14-15-7-12-18(23-3)19(13-15)24-4)20(22)16-8-10-17(11-9-16)25-6-2/h7-13H,5-6,14H2,1-4H3. The van der Waals surface area contributed by atoms with E-state index in [-0.39, 0.29) is 5.91 Å². The second kappa shape index (κ2) is 8.97. The van der Waals surface area contributed by atoms with Gasteiger partial charge in [-0.25, -0.2) is 0 Å². The molecule has 0 aromatic heterocycles. The number of rotatable bonds is 8. The Morgan fingerprint density at radius 1 is 0.960 bits per heavy atom. The van der Waals surface area contributed by atoms with E-state index in [0.717, 1.165) is 11.3 Å². The van der Waals surface area contributed by atoms with Crippen LogP contribution >= 0.6 is 0 Å². The van der Waals surface area contributed by atoms with Crippen LogP contribution in [-0.2, 0) is 6.54 Å². The number of methoxy groups -OCH3 is 2. The number of hydrogen-bond acceptors (Lipinski definition) is 4. The van der Waals surface area contributed by atoms with E-state index >= 15 is 0 Å². The molecule has 2 aromatic rings. The van der Waals surface area contributed by atoms with E-state index in [4.69, 9.17) is 14.2 Å². The molecule has 0 aliphatic heterocycles. The lowest BCUT2D eigenvalue weighted by Gasteiger charge is -2.22. The van der Waals surface area contributed by atoms with Gasteiger partial charge in [-0.2, -0.15) is 0 Å². The van der Waals surface area contributed by atoms with Crippen molar-refractivity contribution in [3.8, 4) is 17.2 Å². The topological polar surface area (TPSA) is 48.0 Å². The molecule has 134 valence electrons. The molecule has 0 fully saturated rings. The maximum absolute atomic E-state index is 12.8. The van der Waals surface area contributed by atoms with Gasteiger partial charge in [-0.3, -0.25) is 4.79 Å². The summed E-state index contributed by atoms with van der Waals surface area (Å²) >= 11 is 0. The summed E-state index contributed by atoms with van der Waals surface area (Å²) in [6.45, 7) is 5.62. The predicted octanol–water partition coefficient (Wildman–Crippen LogP) is 3.76. The fourth-order valence-electron chi connectivity index (χ4n) is 2.57. The van der Waals surface area contributed by atoms with Gasteiger partial charge in [-0.15, -0.1) is 0 Å². The van der Waals surface area contributed by atoms with E-state index in [2.05, 4.69) is 0 Å². The fraction of sp³-hybridized carbons (Fsp3) is 0.350. The lowest BCUT2D eigenvalue weighted by molar-refractivity contribution is 0.0752. The summed E-state index contributed by atoms with van der Waals surface area (Å²) in [6.07, 6.45) is 0. The van der Waals surface area contributed by atoms with Crippen molar-refractivity contribution in [1.82, 2.24) is 4.90 Å². The molecule has 5 nitrogen and oxygen atoms in total. The summed E-state index contributed by atoms with van der Waals surface area (Å²) in [5, 5.41) is 0. The third-order valence-corrected chi connectivity index (χ3v) is 3.90. The van der Waals surface area contributed by atoms with Gasteiger partial charge in [0.05, 0.1) is 20.8 Å². The molecular weight excluding hydrogens is 318 g/mol. The van der Waals surface area contributed by atoms with Gasteiger partial charge in [0.15, 0.2) is 11.5 Å². The molecule has 1 amide bonds. The molecule has 5 heteroatoms. The summed E-state index contributed by atoms with van der Waals surface area (Å²) in [7, 11) is 3.20. The van der Waals surface area contributed by atoms with Gasteiger partial charge in [0.1, 0.15) is 5.75 Å². The van der Waals surface area contributed by atoms with Gasteiger partial charge in [0.25, 0.3) is 5.91 Å². The Morgan fingerprint density at radius 3 is 2.20 bits per heavy atom. The SMILES string of the molecule is CCOc1ccc(C(=O)N(CC)Cc2ccc(OC)c(OC)c2)cc1. The van der Waals surface area contributed by atoms with E-state index < -0.39 is 0 Å². The number of amides is 1. The minimum Gasteiger partial charge on any atom is -0.494 e. The summed E-state index contributed by atoms with van der Waals surface area (Å²) in [4.78, 5) is 14.5. The molecule has 25 heavy (non-hydrogen) atoms. The Balaban J connectivity index is 2.14. The van der Waals surface area contributed by atoms with Crippen LogP contribution in [0.2, 0.25) is 0 Å². The third-order valence-electron chi connectivity index (χ3n) is 3.90. The maximum atomic E-state index is 12.8. The molecule has 0 saturated carbocycles. The minimum atomic E-state index is -0.0136. The van der Waals surface area contributed by atoms with Gasteiger partial charge >= 0.3 is 0 Å². The molecule has 0 radical (unpaired) electrons. The third kappa shape index (κ3) is 4.66. The first kappa shape index (κ1) is 18.6. The van der Waals surface area contributed by atoms with Crippen LogP contribution in [0.5, 0.6) is 17.2 Å². The first-order valence-corrected chi connectivity index (χ1v) is 8.35. The quantitative estimate of drug-likeness (QED) is 0.732. The number of carbonyl (C=O) groups is 1. The van der Waals surface area contributed by atoms with Crippen LogP contribution in [0.3, 0.4) is 0 Å². The summed E-state index contributed by atoms with van der Waals surface area (Å²) in [6, 6.07) is 12.9. The fourth-order valence-corrected chi connectivity index (χ4v) is 2.57. The van der Waals surface area contributed by atoms with Crippen molar-refractivity contribution in [2.75, 3.05) is 27.4 Å². The largest absolute Gasteiger partial charge is 0.494 e. The molecule has 2 rings (SSSR count). The van der Waals surface area contributed by atoms with Crippen molar-refractivity contribution in [2.24, 2.45) is 0 Å². The van der Waals surface area contributed by atoms with E-state index in [9.17, 15) is 4.79 Å². The molecular formula is C20H25NO4. The van der Waals surface area contributed by atoms with Gasteiger partial charge in [0, 0.05) is 18.7 Å². The molecule has 0 N–H and O–H groups in total. The predicted molar refractivity (Wildman–Crippen MR) is 97.6 cm³/mol. The zero-order chi connectivity index (χ0) is 18.2. The van der Waals surface area contributed by atoms with Crippen LogP contribution in [0.1, 0.15) is 29.8 Å². The normalized spacial score (nSPS) is 10.2. The lowest BCUT2D eigenvalue weighted by Crippen LogP contribution is -2.30.